The lowest BCUT2D eigenvalue weighted by atomic mass is 9.43. The summed E-state index contributed by atoms with van der Waals surface area (Å²) in [6, 6.07) is 14.5. The molecule has 1 aromatic heterocycles. The van der Waals surface area contributed by atoms with Crippen LogP contribution in [-0.2, 0) is 72.4 Å². The van der Waals surface area contributed by atoms with Crippen LogP contribution in [-0.4, -0.2) is 320 Å². The Bertz CT molecular complexity index is 3930. The third-order valence-corrected chi connectivity index (χ3v) is 32.9. The molecule has 4 saturated carbocycles. The van der Waals surface area contributed by atoms with Gasteiger partial charge < -0.3 is 97.2 Å². The minimum absolute atomic E-state index is 0.0243. The molecule has 1 unspecified atom stereocenters. The molecule has 13 fully saturated rings. The Morgan fingerprint density at radius 3 is 1.60 bits per heavy atom. The minimum atomic E-state index is -1.27. The van der Waals surface area contributed by atoms with Crippen LogP contribution in [0, 0.1) is 51.8 Å². The molecule has 10 aliphatic heterocycles. The summed E-state index contributed by atoms with van der Waals surface area (Å²) in [5, 5.41) is 66.7. The third-order valence-electron chi connectivity index (χ3n) is 27.4. The van der Waals surface area contributed by atoms with E-state index >= 15 is 0 Å². The number of esters is 1. The summed E-state index contributed by atoms with van der Waals surface area (Å²) in [5.74, 6) is 11.6. The van der Waals surface area contributed by atoms with Gasteiger partial charge in [0.1, 0.15) is 31.4 Å². The molecule has 34 heteroatoms. The number of aliphatic hydroxyl groups excluding tert-OH is 4. The second-order valence-electron chi connectivity index (χ2n) is 36.7. The summed E-state index contributed by atoms with van der Waals surface area (Å²) in [4.78, 5) is 34.2. The second kappa shape index (κ2) is 40.9. The van der Waals surface area contributed by atoms with Crippen molar-refractivity contribution in [1.82, 2.24) is 38.9 Å². The molecule has 31 nitrogen and oxygen atoms in total. The number of aromatic nitrogens is 3. The number of carbonyl (C=O) groups excluding carboxylic acids is 1. The smallest absolute Gasteiger partial charge is 0.331 e. The molecule has 11 heterocycles. The predicted molar refractivity (Wildman–Crippen MR) is 466 cm³/mol. The number of fused-ring (bicyclic) bond motifs is 5. The zero-order chi connectivity index (χ0) is 87.2. The Kier molecular flexibility index (Phi) is 32.1. The Balaban J connectivity index is 0.000000166. The molecular formula is C87H140N13O18PS2. The molecule has 17 rings (SSSR count). The van der Waals surface area contributed by atoms with Crippen molar-refractivity contribution in [3.05, 3.63) is 59.2 Å². The number of nitrogens with zero attached hydrogens (tertiary/aromatic N) is 12. The number of likely N-dealkylation sites (N-methyl/N-ethyl adjacent to an activating group) is 1. The highest BCUT2D eigenvalue weighted by Gasteiger charge is 2.68. The maximum atomic E-state index is 12.6. The maximum absolute atomic E-state index is 12.6. The van der Waals surface area contributed by atoms with Gasteiger partial charge in [-0.2, -0.15) is 20.2 Å². The SMILES string of the molecule is C1CN1c1nc(N2CC2)nc(N2CC2)n1.CN(C)N.COc1ccc(CCN(C)CCCC(C#N)(c2ccc(OC)c(OC)c2)C(C)C)cc1OC.CS(C)=O.C[C@H]1O[C@@H](O[C@H]2[C@@H](O)C[C@H](O[C@H]3[C@@H](O)C[C@H](O[C@H]4CC[C@@]5(C)[C@H](CC[C@@H]6[C@@H]5CC[C@]5(C)[C@@H](C7=CC(=O)OC7)CC[C@]65O)C4)O[C@@H]3C)O[C@@H]2C)C[C@H](O)[C@@H]1O.S=P(N1CC1)(N1CC1)N1CC1. The first-order chi connectivity index (χ1) is 57.6. The van der Waals surface area contributed by atoms with Gasteiger partial charge in [0.25, 0.3) is 0 Å². The largest absolute Gasteiger partial charge is 0.493 e. The summed E-state index contributed by atoms with van der Waals surface area (Å²) < 4.78 is 80.8. The first kappa shape index (κ1) is 95.0. The van der Waals surface area contributed by atoms with E-state index in [0.29, 0.717) is 29.9 Å². The van der Waals surface area contributed by atoms with E-state index in [1.807, 2.05) is 37.3 Å². The van der Waals surface area contributed by atoms with Crippen LogP contribution in [0.1, 0.15) is 149 Å². The Morgan fingerprint density at radius 1 is 0.653 bits per heavy atom. The van der Waals surface area contributed by atoms with Crippen LogP contribution < -0.4 is 39.5 Å². The molecule has 0 radical (unpaired) electrons. The van der Waals surface area contributed by atoms with E-state index in [1.165, 1.54) is 49.8 Å². The molecule has 678 valence electrons. The Morgan fingerprint density at radius 2 is 1.14 bits per heavy atom. The fraction of sp³-hybridized carbons (Fsp3) is 0.782. The molecule has 7 N–H and O–H groups in total. The number of nitrogens with two attached hydrogens (primary N) is 1. The highest BCUT2D eigenvalue weighted by Crippen LogP contribution is 2.70. The summed E-state index contributed by atoms with van der Waals surface area (Å²) >= 11 is 5.75. The number of anilines is 3. The number of aliphatic hydroxyl groups is 5. The van der Waals surface area contributed by atoms with Crippen molar-refractivity contribution >= 4 is 52.9 Å². The molecule has 0 spiro atoms. The number of methoxy groups -OCH3 is 4. The van der Waals surface area contributed by atoms with Gasteiger partial charge in [0.2, 0.25) is 17.8 Å². The van der Waals surface area contributed by atoms with Gasteiger partial charge in [-0.1, -0.05) is 39.8 Å². The Hall–Kier alpha value is -5.13. The molecule has 2 aromatic carbocycles. The van der Waals surface area contributed by atoms with Gasteiger partial charge in [0.05, 0.1) is 88.3 Å². The van der Waals surface area contributed by atoms with Crippen molar-refractivity contribution < 1.29 is 86.6 Å². The number of cyclic esters (lactones) is 1. The lowest BCUT2D eigenvalue weighted by Crippen LogP contribution is -2.62. The molecule has 0 amide bonds. The lowest BCUT2D eigenvalue weighted by molar-refractivity contribution is -0.336. The van der Waals surface area contributed by atoms with Crippen molar-refractivity contribution in [1.29, 1.82) is 5.26 Å². The van der Waals surface area contributed by atoms with E-state index in [-0.39, 0.29) is 59.9 Å². The minimum Gasteiger partial charge on any atom is -0.493 e. The normalized spacial score (nSPS) is 34.3. The van der Waals surface area contributed by atoms with E-state index in [9.17, 15) is 39.8 Å². The van der Waals surface area contributed by atoms with Gasteiger partial charge in [-0.15, -0.1) is 0 Å². The van der Waals surface area contributed by atoms with Crippen molar-refractivity contribution in [3.8, 4) is 29.1 Å². The van der Waals surface area contributed by atoms with Gasteiger partial charge in [0, 0.05) is 153 Å². The van der Waals surface area contributed by atoms with Crippen LogP contribution in [0.25, 0.3) is 0 Å². The number of rotatable bonds is 26. The molecule has 14 aliphatic rings. The molecule has 0 bridgehead atoms. The average Bonchev–Trinajstić information content (AvgIpc) is 1.57. The fourth-order valence-corrected chi connectivity index (χ4v) is 24.4. The van der Waals surface area contributed by atoms with E-state index < -0.39 is 102 Å². The number of hydrogen-bond donors (Lipinski definition) is 6. The molecule has 121 heavy (non-hydrogen) atoms. The highest BCUT2D eigenvalue weighted by molar-refractivity contribution is 8.11. The van der Waals surface area contributed by atoms with E-state index in [2.05, 4.69) is 95.4 Å². The Labute approximate surface area is 725 Å². The second-order valence-corrected chi connectivity index (χ2v) is 42.3. The van der Waals surface area contributed by atoms with Crippen molar-refractivity contribution in [2.45, 2.75) is 236 Å². The van der Waals surface area contributed by atoms with Crippen molar-refractivity contribution in [2.75, 3.05) is 175 Å². The number of hydrazine groups is 1. The summed E-state index contributed by atoms with van der Waals surface area (Å²) in [6.45, 7) is 29.2. The van der Waals surface area contributed by atoms with E-state index in [0.717, 1.165) is 170 Å². The maximum Gasteiger partial charge on any atom is 0.331 e. The standard InChI is InChI=1S/C41H64O13.C27H38N2O4.C9H12N6.C6H12N3PS.C2H8N2.C2H6OS/c1-20-36(46)29(42)16-34(49-20)53-38-22(3)51-35(18-31(38)44)54-37-21(2)50-33(17-30(37)43)52-25-8-11-39(4)24(15-25)6-7-28-27(39)9-12-40(5)26(10-13-41(28,40)47)23-14-32(45)48-19-23;1-20(2)27(19-28,22-10-12-24(31-5)26(18-22)33-7)14-8-15-29(3)16-13-21-9-11-23(30-4)25(17-21)32-6;1-2-13(1)7-10-8(14-3-4-14)12-9(11-7)15-5-6-15;11-10(7-1-2-7,8-3-4-8)9-5-6-9;2*1-4(2)3/h14,20-22,24-31,33-38,42-44,46-47H,6-13,15-19H2,1-5H3;9-12,17-18,20H,8,13-16H2,1-7H3;1-6H2;1-6H2;3H2,1-2H3;1-2H3/t20-,21-,22-,24-,25+,26-,27+,28-,29+,30+,31+,33+,34+,35+,36-,37-,38-,39+,40-,41+;;;;;/m1...../s1. The summed E-state index contributed by atoms with van der Waals surface area (Å²) in [5.41, 5.74) is 1.82. The van der Waals surface area contributed by atoms with Crippen LogP contribution in [0.3, 0.4) is 0 Å². The highest BCUT2D eigenvalue weighted by atomic mass is 32.4. The average molecular weight is 1750 g/mol. The van der Waals surface area contributed by atoms with Crippen LogP contribution in [0.2, 0.25) is 0 Å². The molecular weight excluding hydrogens is 1610 g/mol. The predicted octanol–water partition coefficient (Wildman–Crippen LogP) is 7.25. The molecule has 21 atom stereocenters. The summed E-state index contributed by atoms with van der Waals surface area (Å²) in [7, 11) is 11.6. The van der Waals surface area contributed by atoms with Gasteiger partial charge in [-0.25, -0.2) is 18.8 Å². The van der Waals surface area contributed by atoms with Crippen LogP contribution in [0.4, 0.5) is 17.8 Å². The van der Waals surface area contributed by atoms with Gasteiger partial charge in [0.15, 0.2) is 41.9 Å². The first-order valence-corrected chi connectivity index (χ1v) is 48.6. The van der Waals surface area contributed by atoms with Crippen LogP contribution in [0.15, 0.2) is 48.0 Å². The van der Waals surface area contributed by atoms with Crippen molar-refractivity contribution in [3.63, 3.8) is 0 Å². The lowest BCUT2D eigenvalue weighted by Gasteiger charge is -2.64. The number of benzene rings is 2. The van der Waals surface area contributed by atoms with Gasteiger partial charge in [-0.05, 0) is 199 Å². The topological polar surface area (TPSA) is 350 Å². The zero-order valence-electron chi connectivity index (χ0n) is 74.4. The van der Waals surface area contributed by atoms with Crippen molar-refractivity contribution in [2.24, 2.45) is 46.3 Å². The molecule has 4 aliphatic carbocycles. The number of ether oxygens (including phenoxy) is 11. The molecule has 3 aromatic rings. The number of carbonyl (C=O) groups is 1. The quantitative estimate of drug-likeness (QED) is 0.0115. The van der Waals surface area contributed by atoms with Gasteiger partial charge in [-0.3, -0.25) is 15.1 Å². The van der Waals surface area contributed by atoms with Crippen LogP contribution in [0.5, 0.6) is 23.0 Å². The zero-order valence-corrected chi connectivity index (χ0v) is 76.9. The fourth-order valence-electron chi connectivity index (χ4n) is 20.0. The van der Waals surface area contributed by atoms with Crippen LogP contribution >= 0.6 is 6.49 Å². The first-order valence-electron chi connectivity index (χ1n) is 43.9. The van der Waals surface area contributed by atoms with Gasteiger partial charge >= 0.3 is 5.97 Å². The monoisotopic (exact) mass is 1750 g/mol. The summed E-state index contributed by atoms with van der Waals surface area (Å²) in [6.07, 6.45) is 7.79. The third kappa shape index (κ3) is 22.9. The van der Waals surface area contributed by atoms with E-state index in [4.69, 9.17) is 69.8 Å². The number of nitriles is 1. The molecule has 9 saturated heterocycles. The van der Waals surface area contributed by atoms with E-state index in [1.54, 1.807) is 75.0 Å². The number of hydrogen-bond acceptors (Lipinski definition) is 29.